The number of anilines is 2. The van der Waals surface area contributed by atoms with E-state index in [1.54, 1.807) is 28.7 Å². The number of aryl methyl sites for hydroxylation is 2. The highest BCUT2D eigenvalue weighted by atomic mass is 19.3. The van der Waals surface area contributed by atoms with Crippen LogP contribution in [0, 0.1) is 5.92 Å². The maximum atomic E-state index is 14.3. The van der Waals surface area contributed by atoms with E-state index in [2.05, 4.69) is 35.9 Å². The zero-order chi connectivity index (χ0) is 42.9. The van der Waals surface area contributed by atoms with Gasteiger partial charge in [0.2, 0.25) is 11.8 Å². The minimum atomic E-state index is -2.85. The molecule has 5 aromatic rings. The largest absolute Gasteiger partial charge is 0.378 e. The average Bonchev–Trinajstić information content (AvgIpc) is 3.97. The lowest BCUT2D eigenvalue weighted by Crippen LogP contribution is -2.44. The first-order chi connectivity index (χ1) is 30.1. The Balaban J connectivity index is 0.717. The van der Waals surface area contributed by atoms with Gasteiger partial charge in [-0.15, -0.1) is 0 Å². The maximum Gasteiger partial charge on any atom is 0.329 e. The van der Waals surface area contributed by atoms with E-state index in [1.165, 1.54) is 15.3 Å². The van der Waals surface area contributed by atoms with Crippen molar-refractivity contribution >= 4 is 45.9 Å². The summed E-state index contributed by atoms with van der Waals surface area (Å²) >= 11 is 0. The SMILES string of the molecule is Cn1c(=O)n(C2CCC(=O)NC2=O)c2ccc(CCCOC3CCN(CC4CCC(n5cc(NC(=O)c6cnn7ccc(N8CCNCC8)nc67)c(C(F)F)n5)CC4)CC3)cc21. The zero-order valence-electron chi connectivity index (χ0n) is 35.0. The molecule has 3 aliphatic heterocycles. The lowest BCUT2D eigenvalue weighted by molar-refractivity contribution is -0.135. The lowest BCUT2D eigenvalue weighted by atomic mass is 9.85. The smallest absolute Gasteiger partial charge is 0.329 e. The average molecular weight is 857 g/mol. The van der Waals surface area contributed by atoms with Gasteiger partial charge in [-0.05, 0) is 87.5 Å². The number of nitrogens with one attached hydrogen (secondary N) is 3. The second-order valence-electron chi connectivity index (χ2n) is 17.2. The van der Waals surface area contributed by atoms with Crippen LogP contribution in [0.3, 0.4) is 0 Å². The van der Waals surface area contributed by atoms with Gasteiger partial charge in [-0.3, -0.25) is 33.5 Å². The minimum absolute atomic E-state index is 0.00339. The van der Waals surface area contributed by atoms with Gasteiger partial charge in [0.15, 0.2) is 11.3 Å². The molecule has 1 saturated carbocycles. The van der Waals surface area contributed by atoms with E-state index in [0.29, 0.717) is 30.1 Å². The third-order valence-electron chi connectivity index (χ3n) is 13.1. The van der Waals surface area contributed by atoms with E-state index >= 15 is 0 Å². The molecule has 3 amide bonds. The Labute approximate surface area is 356 Å². The number of halogens is 2. The summed E-state index contributed by atoms with van der Waals surface area (Å²) in [6, 6.07) is 7.02. The molecular formula is C43H54F2N12O5. The summed E-state index contributed by atoms with van der Waals surface area (Å²) in [6.45, 7) is 6.84. The molecule has 0 bridgehead atoms. The van der Waals surface area contributed by atoms with Crippen molar-refractivity contribution in [2.45, 2.75) is 88.8 Å². The third kappa shape index (κ3) is 8.74. The molecule has 9 rings (SSSR count). The number of likely N-dealkylation sites (tertiary alicyclic amines) is 1. The summed E-state index contributed by atoms with van der Waals surface area (Å²) < 4.78 is 41.0. The number of carbonyl (C=O) groups is 3. The number of aromatic nitrogens is 7. The first-order valence-electron chi connectivity index (χ1n) is 22.0. The van der Waals surface area contributed by atoms with Gasteiger partial charge in [-0.1, -0.05) is 6.07 Å². The van der Waals surface area contributed by atoms with Crippen LogP contribution in [0.15, 0.2) is 47.7 Å². The van der Waals surface area contributed by atoms with Gasteiger partial charge in [-0.2, -0.15) is 10.2 Å². The van der Waals surface area contributed by atoms with Crippen molar-refractivity contribution in [1.29, 1.82) is 0 Å². The fourth-order valence-electron chi connectivity index (χ4n) is 9.67. The molecule has 7 heterocycles. The Morgan fingerprint density at radius 3 is 2.53 bits per heavy atom. The van der Waals surface area contributed by atoms with Crippen molar-refractivity contribution in [3.8, 4) is 0 Å². The Kier molecular flexibility index (Phi) is 12.2. The first-order valence-corrected chi connectivity index (χ1v) is 22.0. The van der Waals surface area contributed by atoms with Crippen molar-refractivity contribution in [3.05, 3.63) is 70.2 Å². The Morgan fingerprint density at radius 1 is 0.984 bits per heavy atom. The molecule has 62 heavy (non-hydrogen) atoms. The molecule has 4 aromatic heterocycles. The molecule has 330 valence electrons. The zero-order valence-corrected chi connectivity index (χ0v) is 35.0. The number of piperidine rings is 2. The van der Waals surface area contributed by atoms with E-state index in [1.807, 2.05) is 24.3 Å². The molecule has 17 nitrogen and oxygen atoms in total. The molecule has 4 fully saturated rings. The molecule has 0 radical (unpaired) electrons. The molecule has 19 heteroatoms. The number of imidazole rings is 1. The Bertz CT molecular complexity index is 2490. The highest BCUT2D eigenvalue weighted by Gasteiger charge is 2.32. The van der Waals surface area contributed by atoms with Crippen LogP contribution in [0.5, 0.6) is 0 Å². The van der Waals surface area contributed by atoms with Crippen LogP contribution >= 0.6 is 0 Å². The van der Waals surface area contributed by atoms with Crippen LogP contribution in [0.4, 0.5) is 20.3 Å². The molecule has 1 aromatic carbocycles. The van der Waals surface area contributed by atoms with Gasteiger partial charge >= 0.3 is 5.69 Å². The van der Waals surface area contributed by atoms with Crippen molar-refractivity contribution in [2.75, 3.05) is 62.6 Å². The molecule has 1 unspecified atom stereocenters. The number of benzene rings is 1. The van der Waals surface area contributed by atoms with Crippen LogP contribution in [-0.4, -0.2) is 115 Å². The van der Waals surface area contributed by atoms with Crippen molar-refractivity contribution in [3.63, 3.8) is 0 Å². The number of nitrogens with zero attached hydrogens (tertiary/aromatic N) is 9. The maximum absolute atomic E-state index is 14.3. The van der Waals surface area contributed by atoms with Crippen LogP contribution in [0.25, 0.3) is 16.7 Å². The number of carbonyl (C=O) groups excluding carboxylic acids is 3. The molecule has 4 aliphatic rings. The molecule has 1 aliphatic carbocycles. The Morgan fingerprint density at radius 2 is 1.77 bits per heavy atom. The summed E-state index contributed by atoms with van der Waals surface area (Å²) in [5.74, 6) is -0.0621. The summed E-state index contributed by atoms with van der Waals surface area (Å²) in [5, 5.41) is 16.9. The number of hydrogen-bond donors (Lipinski definition) is 3. The van der Waals surface area contributed by atoms with Crippen LogP contribution in [0.1, 0.15) is 97.9 Å². The van der Waals surface area contributed by atoms with E-state index in [-0.39, 0.29) is 41.4 Å². The monoisotopic (exact) mass is 856 g/mol. The van der Waals surface area contributed by atoms with E-state index in [9.17, 15) is 28.0 Å². The number of amides is 3. The predicted molar refractivity (Wildman–Crippen MR) is 227 cm³/mol. The predicted octanol–water partition coefficient (Wildman–Crippen LogP) is 4.00. The second kappa shape index (κ2) is 18.1. The van der Waals surface area contributed by atoms with Crippen molar-refractivity contribution in [1.82, 2.24) is 49.0 Å². The molecule has 1 atom stereocenters. The standard InChI is InChI=1S/C43H54F2N12O5/c1-52-35-23-27(6-9-33(35)57(43(52)61)34-10-11-37(58)50-42(34)60)3-2-22-62-30-12-17-53(18-13-30)25-28-4-7-29(8-5-28)56-26-32(38(51-56)39(44)45)48-41(59)31-24-47-55-19-14-36(49-40(31)55)54-20-15-46-16-21-54/h6,9,14,19,23-24,26,28-30,34,39,46H,2-5,7-8,10-13,15-18,20-22,25H2,1H3,(H,48,59)(H,50,58,60). The van der Waals surface area contributed by atoms with Gasteiger partial charge in [0, 0.05) is 78.3 Å². The van der Waals surface area contributed by atoms with Crippen LogP contribution in [0.2, 0.25) is 0 Å². The molecule has 3 N–H and O–H groups in total. The fraction of sp³-hybridized carbons (Fsp3) is 0.558. The number of rotatable bonds is 13. The van der Waals surface area contributed by atoms with Crippen molar-refractivity contribution < 1.29 is 27.9 Å². The Hall–Kier alpha value is -5.53. The molecule has 0 spiro atoms. The van der Waals surface area contributed by atoms with Crippen LogP contribution in [-0.2, 0) is 27.8 Å². The number of alkyl halides is 2. The number of fused-ring (bicyclic) bond motifs is 2. The number of piperazine rings is 1. The van der Waals surface area contributed by atoms with Gasteiger partial charge < -0.3 is 25.2 Å². The molecule has 3 saturated heterocycles. The van der Waals surface area contributed by atoms with Gasteiger partial charge in [0.1, 0.15) is 17.4 Å². The third-order valence-corrected chi connectivity index (χ3v) is 13.1. The van der Waals surface area contributed by atoms with Crippen molar-refractivity contribution in [2.24, 2.45) is 13.0 Å². The summed E-state index contributed by atoms with van der Waals surface area (Å²) in [5.41, 5.74) is 2.39. The highest BCUT2D eigenvalue weighted by Crippen LogP contribution is 2.36. The van der Waals surface area contributed by atoms with Gasteiger partial charge in [-0.25, -0.2) is 23.1 Å². The highest BCUT2D eigenvalue weighted by molar-refractivity contribution is 6.08. The lowest BCUT2D eigenvalue weighted by Gasteiger charge is -2.36. The van der Waals surface area contributed by atoms with E-state index < -0.39 is 30.0 Å². The fourth-order valence-corrected chi connectivity index (χ4v) is 9.67. The molecular weight excluding hydrogens is 803 g/mol. The van der Waals surface area contributed by atoms with Gasteiger partial charge in [0.25, 0.3) is 12.3 Å². The summed E-state index contributed by atoms with van der Waals surface area (Å²) in [7, 11) is 1.71. The van der Waals surface area contributed by atoms with Crippen LogP contribution < -0.4 is 26.5 Å². The first kappa shape index (κ1) is 41.8. The second-order valence-corrected chi connectivity index (χ2v) is 17.2. The van der Waals surface area contributed by atoms with E-state index in [4.69, 9.17) is 9.72 Å². The normalized spacial score (nSPS) is 21.9. The van der Waals surface area contributed by atoms with Gasteiger partial charge in [0.05, 0.1) is 35.1 Å². The summed E-state index contributed by atoms with van der Waals surface area (Å²) in [6.07, 6.45) is 9.75. The summed E-state index contributed by atoms with van der Waals surface area (Å²) in [4.78, 5) is 60.1. The minimum Gasteiger partial charge on any atom is -0.378 e. The number of imide groups is 1. The topological polar surface area (TPSA) is 178 Å². The number of ether oxygens (including phenoxy) is 1. The van der Waals surface area contributed by atoms with E-state index in [0.717, 1.165) is 114 Å². The quantitative estimate of drug-likeness (QED) is 0.115. The number of hydrogen-bond acceptors (Lipinski definition) is 11.